The molecule has 0 saturated carbocycles. The highest BCUT2D eigenvalue weighted by Crippen LogP contribution is 2.48. The van der Waals surface area contributed by atoms with Crippen molar-refractivity contribution in [3.05, 3.63) is 112 Å². The molecule has 224 valence electrons. The van der Waals surface area contributed by atoms with Crippen molar-refractivity contribution < 1.29 is 33.3 Å². The first kappa shape index (κ1) is 29.9. The fourth-order valence-electron chi connectivity index (χ4n) is 5.84. The van der Waals surface area contributed by atoms with Crippen LogP contribution in [0.15, 0.2) is 95.3 Å². The second-order valence-corrected chi connectivity index (χ2v) is 10.6. The van der Waals surface area contributed by atoms with E-state index in [1.165, 1.54) is 0 Å². The smallest absolute Gasteiger partial charge is 0.336 e. The summed E-state index contributed by atoms with van der Waals surface area (Å²) in [5.74, 6) is 0.589. The van der Waals surface area contributed by atoms with Gasteiger partial charge in [-0.25, -0.2) is 4.79 Å². The van der Waals surface area contributed by atoms with Gasteiger partial charge in [-0.15, -0.1) is 0 Å². The van der Waals surface area contributed by atoms with Crippen LogP contribution in [0.4, 0.5) is 0 Å². The molecule has 2 atom stereocenters. The maximum absolute atomic E-state index is 14.1. The van der Waals surface area contributed by atoms with Gasteiger partial charge in [0.05, 0.1) is 32.3 Å². The number of nitrogens with one attached hydrogen (secondary N) is 1. The van der Waals surface area contributed by atoms with Gasteiger partial charge in [0.15, 0.2) is 17.3 Å². The number of hydrogen-bond donors (Lipinski definition) is 1. The summed E-state index contributed by atoms with van der Waals surface area (Å²) >= 11 is 0. The van der Waals surface area contributed by atoms with Gasteiger partial charge >= 0.3 is 5.97 Å². The molecule has 0 radical (unpaired) electrons. The number of ether oxygens (including phenoxy) is 5. The van der Waals surface area contributed by atoms with Gasteiger partial charge in [0, 0.05) is 36.1 Å². The van der Waals surface area contributed by atoms with Crippen LogP contribution in [0.3, 0.4) is 0 Å². The average Bonchev–Trinajstić information content (AvgIpc) is 3.03. The number of hydrogen-bond acceptors (Lipinski definition) is 8. The van der Waals surface area contributed by atoms with Gasteiger partial charge < -0.3 is 29.0 Å². The predicted octanol–water partition coefficient (Wildman–Crippen LogP) is 5.83. The van der Waals surface area contributed by atoms with Crippen LogP contribution in [0.25, 0.3) is 0 Å². The number of rotatable bonds is 11. The Kier molecular flexibility index (Phi) is 9.47. The highest BCUT2D eigenvalue weighted by atomic mass is 16.6. The molecule has 0 unspecified atom stereocenters. The molecule has 3 aromatic rings. The second kappa shape index (κ2) is 13.6. The van der Waals surface area contributed by atoms with Crippen molar-refractivity contribution in [2.45, 2.75) is 38.2 Å². The molecule has 0 spiro atoms. The third-order valence-electron chi connectivity index (χ3n) is 7.91. The number of dihydropyridines is 1. The molecule has 0 amide bonds. The number of ketones is 1. The molecule has 43 heavy (non-hydrogen) atoms. The summed E-state index contributed by atoms with van der Waals surface area (Å²) in [5, 5.41) is 3.41. The van der Waals surface area contributed by atoms with Crippen LogP contribution < -0.4 is 19.5 Å². The topological polar surface area (TPSA) is 92.3 Å². The lowest BCUT2D eigenvalue weighted by atomic mass is 9.71. The van der Waals surface area contributed by atoms with Crippen LogP contribution >= 0.6 is 0 Å². The highest BCUT2D eigenvalue weighted by molar-refractivity contribution is 6.04. The molecule has 2 aliphatic rings. The largest absolute Gasteiger partial charge is 0.493 e. The van der Waals surface area contributed by atoms with E-state index in [1.54, 1.807) is 21.3 Å². The molecule has 0 fully saturated rings. The number of Topliss-reactive ketones (excluding diaryl/α,β-unsaturated/α-hetero) is 1. The Labute approximate surface area is 252 Å². The van der Waals surface area contributed by atoms with Crippen molar-refractivity contribution in [2.75, 3.05) is 34.5 Å². The number of methoxy groups -OCH3 is 3. The molecule has 8 heteroatoms. The minimum Gasteiger partial charge on any atom is -0.493 e. The Balaban J connectivity index is 1.55. The summed E-state index contributed by atoms with van der Waals surface area (Å²) in [4.78, 5) is 27.7. The van der Waals surface area contributed by atoms with Gasteiger partial charge in [-0.05, 0) is 48.6 Å². The zero-order valence-corrected chi connectivity index (χ0v) is 25.0. The molecule has 1 aliphatic carbocycles. The molecule has 0 saturated heterocycles. The molecule has 5 rings (SSSR count). The normalized spacial score (nSPS) is 18.1. The van der Waals surface area contributed by atoms with Gasteiger partial charge in [-0.2, -0.15) is 0 Å². The summed E-state index contributed by atoms with van der Waals surface area (Å²) in [6, 6.07) is 23.2. The molecule has 1 heterocycles. The second-order valence-electron chi connectivity index (χ2n) is 10.6. The summed E-state index contributed by atoms with van der Waals surface area (Å²) in [7, 11) is 4.75. The minimum absolute atomic E-state index is 0.0360. The van der Waals surface area contributed by atoms with Crippen LogP contribution in [0, 0.1) is 0 Å². The third-order valence-corrected chi connectivity index (χ3v) is 7.91. The maximum atomic E-state index is 14.1. The average molecular weight is 584 g/mol. The van der Waals surface area contributed by atoms with E-state index in [0.29, 0.717) is 47.1 Å². The lowest BCUT2D eigenvalue weighted by Gasteiger charge is -2.37. The van der Waals surface area contributed by atoms with Gasteiger partial charge in [0.2, 0.25) is 0 Å². The minimum atomic E-state index is -0.655. The Morgan fingerprint density at radius 1 is 0.860 bits per heavy atom. The van der Waals surface area contributed by atoms with Crippen molar-refractivity contribution in [3.8, 4) is 17.2 Å². The Morgan fingerprint density at radius 2 is 1.60 bits per heavy atom. The van der Waals surface area contributed by atoms with E-state index in [2.05, 4.69) is 5.32 Å². The standard InChI is InChI=1S/C35H37NO7/c1-22-32(35(38)42-17-16-39-2)33(26-12-8-9-13-29(26)43-21-23-10-6-5-7-11-23)34-27(36-22)18-25(19-28(34)37)24-14-15-30(40-3)31(20-24)41-4/h5-15,20,25,33,36H,16-19,21H2,1-4H3/t25-,33-/m0/s1. The monoisotopic (exact) mass is 583 g/mol. The highest BCUT2D eigenvalue weighted by Gasteiger charge is 2.42. The SMILES string of the molecule is COCCOC(=O)C1=C(C)NC2=C(C(=O)C[C@@H](c3ccc(OC)c(OC)c3)C2)[C@H]1c1ccccc1OCc1ccccc1. The zero-order chi connectivity index (χ0) is 30.3. The van der Waals surface area contributed by atoms with Crippen LogP contribution in [-0.4, -0.2) is 46.3 Å². The fourth-order valence-corrected chi connectivity index (χ4v) is 5.84. The van der Waals surface area contributed by atoms with Gasteiger partial charge in [-0.3, -0.25) is 4.79 Å². The number of para-hydroxylation sites is 1. The van der Waals surface area contributed by atoms with E-state index < -0.39 is 11.9 Å². The number of allylic oxidation sites excluding steroid dienone is 3. The van der Waals surface area contributed by atoms with Crippen LogP contribution in [0.2, 0.25) is 0 Å². The Hall–Kier alpha value is -4.56. The first-order chi connectivity index (χ1) is 20.9. The van der Waals surface area contributed by atoms with E-state index in [4.69, 9.17) is 23.7 Å². The Morgan fingerprint density at radius 3 is 2.35 bits per heavy atom. The lowest BCUT2D eigenvalue weighted by molar-refractivity contribution is -0.140. The van der Waals surface area contributed by atoms with E-state index in [-0.39, 0.29) is 31.3 Å². The summed E-state index contributed by atoms with van der Waals surface area (Å²) in [6.07, 6.45) is 0.869. The van der Waals surface area contributed by atoms with Crippen molar-refractivity contribution in [2.24, 2.45) is 0 Å². The number of carbonyl (C=O) groups excluding carboxylic acids is 2. The van der Waals surface area contributed by atoms with Gasteiger partial charge in [-0.1, -0.05) is 54.6 Å². The number of carbonyl (C=O) groups is 2. The van der Waals surface area contributed by atoms with Crippen molar-refractivity contribution in [1.82, 2.24) is 5.32 Å². The van der Waals surface area contributed by atoms with E-state index in [0.717, 1.165) is 22.4 Å². The van der Waals surface area contributed by atoms with Gasteiger partial charge in [0.25, 0.3) is 0 Å². The van der Waals surface area contributed by atoms with Crippen molar-refractivity contribution >= 4 is 11.8 Å². The van der Waals surface area contributed by atoms with Crippen molar-refractivity contribution in [1.29, 1.82) is 0 Å². The zero-order valence-electron chi connectivity index (χ0n) is 25.0. The fraction of sp³-hybridized carbons (Fsp3) is 0.314. The van der Waals surface area contributed by atoms with Gasteiger partial charge in [0.1, 0.15) is 19.0 Å². The van der Waals surface area contributed by atoms with Crippen molar-refractivity contribution in [3.63, 3.8) is 0 Å². The molecule has 1 aliphatic heterocycles. The number of benzene rings is 3. The first-order valence-corrected chi connectivity index (χ1v) is 14.3. The summed E-state index contributed by atoms with van der Waals surface area (Å²) < 4.78 is 27.9. The van der Waals surface area contributed by atoms with E-state index in [9.17, 15) is 9.59 Å². The maximum Gasteiger partial charge on any atom is 0.336 e. The van der Waals surface area contributed by atoms with E-state index >= 15 is 0 Å². The van der Waals surface area contributed by atoms with Crippen LogP contribution in [-0.2, 0) is 25.7 Å². The quantitative estimate of drug-likeness (QED) is 0.223. The molecule has 0 bridgehead atoms. The predicted molar refractivity (Wildman–Crippen MR) is 162 cm³/mol. The van der Waals surface area contributed by atoms with Crippen LogP contribution in [0.5, 0.6) is 17.2 Å². The van der Waals surface area contributed by atoms with Crippen LogP contribution in [0.1, 0.15) is 48.3 Å². The number of esters is 1. The molecule has 1 N–H and O–H groups in total. The first-order valence-electron chi connectivity index (χ1n) is 14.3. The third kappa shape index (κ3) is 6.44. The lowest BCUT2D eigenvalue weighted by Crippen LogP contribution is -2.36. The molecule has 8 nitrogen and oxygen atoms in total. The van der Waals surface area contributed by atoms with E-state index in [1.807, 2.05) is 79.7 Å². The molecular weight excluding hydrogens is 546 g/mol. The summed E-state index contributed by atoms with van der Waals surface area (Å²) in [5.41, 5.74) is 5.13. The molecule has 0 aromatic heterocycles. The molecule has 3 aromatic carbocycles. The summed E-state index contributed by atoms with van der Waals surface area (Å²) in [6.45, 7) is 2.57. The Bertz CT molecular complexity index is 1540. The molecular formula is C35H37NO7.